The van der Waals surface area contributed by atoms with E-state index in [1.807, 2.05) is 31.2 Å². The molecule has 0 saturated carbocycles. The van der Waals surface area contributed by atoms with E-state index >= 15 is 0 Å². The first-order valence-electron chi connectivity index (χ1n) is 11.4. The van der Waals surface area contributed by atoms with E-state index in [9.17, 15) is 14.0 Å². The molecule has 0 bridgehead atoms. The van der Waals surface area contributed by atoms with Crippen LogP contribution in [0, 0.1) is 12.7 Å². The fourth-order valence-corrected chi connectivity index (χ4v) is 4.00. The van der Waals surface area contributed by atoms with Crippen LogP contribution in [0.4, 0.5) is 10.1 Å². The molecule has 1 amide bonds. The Kier molecular flexibility index (Phi) is 6.24. The topological polar surface area (TPSA) is 64.0 Å². The molecule has 1 aromatic heterocycles. The molecule has 0 spiro atoms. The van der Waals surface area contributed by atoms with Crippen molar-refractivity contribution in [1.29, 1.82) is 0 Å². The van der Waals surface area contributed by atoms with Gasteiger partial charge in [0.1, 0.15) is 11.6 Å². The predicted octanol–water partition coefficient (Wildman–Crippen LogP) is 6.26. The van der Waals surface area contributed by atoms with E-state index in [-0.39, 0.29) is 17.3 Å². The Hall–Kier alpha value is -4.84. The van der Waals surface area contributed by atoms with Crippen LogP contribution in [0.1, 0.15) is 27.3 Å². The number of aromatic nitrogens is 2. The van der Waals surface area contributed by atoms with Gasteiger partial charge in [0.2, 0.25) is 0 Å². The normalized spacial score (nSPS) is 11.2. The van der Waals surface area contributed by atoms with Gasteiger partial charge in [-0.05, 0) is 72.7 Å². The number of aryl methyl sites for hydroxylation is 1. The number of amides is 1. The zero-order chi connectivity index (χ0) is 25.1. The van der Waals surface area contributed by atoms with E-state index in [0.717, 1.165) is 11.1 Å². The van der Waals surface area contributed by atoms with Crippen molar-refractivity contribution in [1.82, 2.24) is 9.55 Å². The van der Waals surface area contributed by atoms with Crippen LogP contribution in [-0.4, -0.2) is 15.5 Å². The zero-order valence-electron chi connectivity index (χ0n) is 19.5. The molecule has 0 aliphatic rings. The lowest BCUT2D eigenvalue weighted by atomic mass is 10.1. The molecular formula is C30H22FN3O2. The predicted molar refractivity (Wildman–Crippen MR) is 142 cm³/mol. The first-order chi connectivity index (χ1) is 17.5. The number of para-hydroxylation sites is 1. The smallest absolute Gasteiger partial charge is 0.266 e. The van der Waals surface area contributed by atoms with Crippen molar-refractivity contribution in [2.75, 3.05) is 5.32 Å². The number of hydrogen-bond donors (Lipinski definition) is 1. The summed E-state index contributed by atoms with van der Waals surface area (Å²) in [4.78, 5) is 31.1. The highest BCUT2D eigenvalue weighted by molar-refractivity contribution is 6.05. The summed E-state index contributed by atoms with van der Waals surface area (Å²) in [7, 11) is 0. The quantitative estimate of drug-likeness (QED) is 0.327. The second kappa shape index (κ2) is 9.80. The van der Waals surface area contributed by atoms with Crippen LogP contribution in [-0.2, 0) is 0 Å². The van der Waals surface area contributed by atoms with E-state index < -0.39 is 0 Å². The number of halogens is 1. The lowest BCUT2D eigenvalue weighted by Gasteiger charge is -2.13. The number of nitrogens with one attached hydrogen (secondary N) is 1. The van der Waals surface area contributed by atoms with Crippen LogP contribution in [0.5, 0.6) is 0 Å². The summed E-state index contributed by atoms with van der Waals surface area (Å²) in [5.41, 5.74) is 3.66. The second-order valence-corrected chi connectivity index (χ2v) is 8.33. The number of anilines is 1. The number of hydrogen-bond acceptors (Lipinski definition) is 3. The Morgan fingerprint density at radius 2 is 1.64 bits per heavy atom. The number of rotatable bonds is 5. The van der Waals surface area contributed by atoms with Gasteiger partial charge in [-0.1, -0.05) is 54.6 Å². The third kappa shape index (κ3) is 4.70. The summed E-state index contributed by atoms with van der Waals surface area (Å²) < 4.78 is 14.8. The van der Waals surface area contributed by atoms with E-state index in [1.54, 1.807) is 72.8 Å². The number of carbonyl (C=O) groups excluding carboxylic acids is 1. The van der Waals surface area contributed by atoms with E-state index in [2.05, 4.69) is 5.32 Å². The minimum atomic E-state index is -0.322. The number of carbonyl (C=O) groups is 1. The molecule has 5 aromatic rings. The summed E-state index contributed by atoms with van der Waals surface area (Å²) in [6.07, 6.45) is 3.50. The molecule has 0 radical (unpaired) electrons. The second-order valence-electron chi connectivity index (χ2n) is 8.33. The molecule has 36 heavy (non-hydrogen) atoms. The molecule has 0 aliphatic carbocycles. The molecule has 1 N–H and O–H groups in total. The van der Waals surface area contributed by atoms with Crippen molar-refractivity contribution < 1.29 is 9.18 Å². The van der Waals surface area contributed by atoms with Gasteiger partial charge >= 0.3 is 0 Å². The number of nitrogens with zero attached hydrogens (tertiary/aromatic N) is 2. The van der Waals surface area contributed by atoms with Crippen LogP contribution < -0.4 is 10.9 Å². The largest absolute Gasteiger partial charge is 0.322 e. The van der Waals surface area contributed by atoms with Crippen LogP contribution >= 0.6 is 0 Å². The van der Waals surface area contributed by atoms with Crippen molar-refractivity contribution in [3.63, 3.8) is 0 Å². The molecular weight excluding hydrogens is 453 g/mol. The summed E-state index contributed by atoms with van der Waals surface area (Å²) in [5.74, 6) is -0.145. The molecule has 5 rings (SSSR count). The van der Waals surface area contributed by atoms with Crippen molar-refractivity contribution in [3.05, 3.63) is 136 Å². The molecule has 4 aromatic carbocycles. The molecule has 6 heteroatoms. The summed E-state index contributed by atoms with van der Waals surface area (Å²) in [6.45, 7) is 1.88. The maximum atomic E-state index is 13.6. The average molecular weight is 476 g/mol. The fourth-order valence-electron chi connectivity index (χ4n) is 4.00. The van der Waals surface area contributed by atoms with Crippen molar-refractivity contribution in [2.24, 2.45) is 0 Å². The Morgan fingerprint density at radius 3 is 2.44 bits per heavy atom. The van der Waals surface area contributed by atoms with Gasteiger partial charge in [-0.15, -0.1) is 0 Å². The van der Waals surface area contributed by atoms with E-state index in [1.165, 1.54) is 16.7 Å². The average Bonchev–Trinajstić information content (AvgIpc) is 2.89. The summed E-state index contributed by atoms with van der Waals surface area (Å²) in [5, 5.41) is 3.40. The van der Waals surface area contributed by atoms with E-state index in [0.29, 0.717) is 33.7 Å². The van der Waals surface area contributed by atoms with E-state index in [4.69, 9.17) is 4.98 Å². The van der Waals surface area contributed by atoms with Crippen molar-refractivity contribution in [3.8, 4) is 5.69 Å². The Bertz CT molecular complexity index is 1670. The van der Waals surface area contributed by atoms with Gasteiger partial charge in [-0.3, -0.25) is 14.2 Å². The third-order valence-electron chi connectivity index (χ3n) is 5.85. The highest BCUT2D eigenvalue weighted by atomic mass is 19.1. The first kappa shape index (κ1) is 22.9. The SMILES string of the molecule is Cc1ccccc1C(=O)Nc1cccc(-n2c(/C=C/c3ccc(F)cc3)nc3ccccc3c2=O)c1. The van der Waals surface area contributed by atoms with Crippen LogP contribution in [0.15, 0.2) is 102 Å². The lowest BCUT2D eigenvalue weighted by molar-refractivity contribution is 0.102. The summed E-state index contributed by atoms with van der Waals surface area (Å²) >= 11 is 0. The maximum Gasteiger partial charge on any atom is 0.266 e. The Balaban J connectivity index is 1.58. The molecule has 1 heterocycles. The monoisotopic (exact) mass is 475 g/mol. The minimum absolute atomic E-state index is 0.231. The van der Waals surface area contributed by atoms with Gasteiger partial charge in [-0.25, -0.2) is 9.37 Å². The lowest BCUT2D eigenvalue weighted by Crippen LogP contribution is -2.22. The van der Waals surface area contributed by atoms with Gasteiger partial charge < -0.3 is 5.32 Å². The van der Waals surface area contributed by atoms with Gasteiger partial charge in [0.15, 0.2) is 0 Å². The molecule has 0 atom stereocenters. The van der Waals surface area contributed by atoms with Crippen LogP contribution in [0.2, 0.25) is 0 Å². The highest BCUT2D eigenvalue weighted by Gasteiger charge is 2.13. The molecule has 0 fully saturated rings. The minimum Gasteiger partial charge on any atom is -0.322 e. The fraction of sp³-hybridized carbons (Fsp3) is 0.0333. The Morgan fingerprint density at radius 1 is 0.889 bits per heavy atom. The summed E-state index contributed by atoms with van der Waals surface area (Å²) in [6, 6.07) is 27.6. The molecule has 5 nitrogen and oxygen atoms in total. The molecule has 176 valence electrons. The highest BCUT2D eigenvalue weighted by Crippen LogP contribution is 2.20. The van der Waals surface area contributed by atoms with Gasteiger partial charge in [0.25, 0.3) is 11.5 Å². The van der Waals surface area contributed by atoms with Gasteiger partial charge in [-0.2, -0.15) is 0 Å². The molecule has 0 aliphatic heterocycles. The third-order valence-corrected chi connectivity index (χ3v) is 5.85. The van der Waals surface area contributed by atoms with Crippen LogP contribution in [0.25, 0.3) is 28.7 Å². The maximum absolute atomic E-state index is 13.6. The van der Waals surface area contributed by atoms with Crippen molar-refractivity contribution in [2.45, 2.75) is 6.92 Å². The molecule has 0 unspecified atom stereocenters. The van der Waals surface area contributed by atoms with Gasteiger partial charge in [0.05, 0.1) is 16.6 Å². The first-order valence-corrected chi connectivity index (χ1v) is 11.4. The number of benzene rings is 4. The van der Waals surface area contributed by atoms with Gasteiger partial charge in [0, 0.05) is 11.3 Å². The van der Waals surface area contributed by atoms with Crippen LogP contribution in [0.3, 0.4) is 0 Å². The molecule has 0 saturated heterocycles. The zero-order valence-corrected chi connectivity index (χ0v) is 19.5. The Labute approximate surface area is 207 Å². The standard InChI is InChI=1S/C30H22FN3O2/c1-20-7-2-3-10-25(20)29(35)32-23-8-6-9-24(19-23)34-28(18-15-21-13-16-22(31)17-14-21)33-27-12-5-4-11-26(27)30(34)36/h2-19H,1H3,(H,32,35)/b18-15+. The number of fused-ring (bicyclic) bond motifs is 1. The van der Waals surface area contributed by atoms with Crippen molar-refractivity contribution >= 4 is 34.6 Å².